The Morgan fingerprint density at radius 3 is 2.43 bits per heavy atom. The van der Waals surface area contributed by atoms with E-state index in [4.69, 9.17) is 4.74 Å². The van der Waals surface area contributed by atoms with Crippen molar-refractivity contribution >= 4 is 12.1 Å². The van der Waals surface area contributed by atoms with Crippen molar-refractivity contribution in [2.45, 2.75) is 26.4 Å². The summed E-state index contributed by atoms with van der Waals surface area (Å²) in [4.78, 5) is 31.0. The third kappa shape index (κ3) is 6.73. The molecule has 21 heavy (non-hydrogen) atoms. The molecule has 0 amide bonds. The highest BCUT2D eigenvalue weighted by atomic mass is 17.5. The molecule has 0 aliphatic carbocycles. The van der Waals surface area contributed by atoms with E-state index in [1.54, 1.807) is 31.4 Å². The van der Waals surface area contributed by atoms with Crippen molar-refractivity contribution in [3.63, 3.8) is 0 Å². The number of aryl methyl sites for hydroxylation is 1. The number of methoxy groups -OCH3 is 1. The maximum atomic E-state index is 11.5. The van der Waals surface area contributed by atoms with Crippen molar-refractivity contribution in [2.75, 3.05) is 13.7 Å². The van der Waals surface area contributed by atoms with Gasteiger partial charge in [0, 0.05) is 13.5 Å². The number of carbonyl (C=O) groups is 2. The summed E-state index contributed by atoms with van der Waals surface area (Å²) >= 11 is 0. The molecule has 116 valence electrons. The average molecular weight is 298 g/mol. The lowest BCUT2D eigenvalue weighted by atomic mass is 10.2. The van der Waals surface area contributed by atoms with E-state index in [0.717, 1.165) is 5.56 Å². The quantitative estimate of drug-likeness (QED) is 0.435. The van der Waals surface area contributed by atoms with E-state index in [1.807, 2.05) is 13.8 Å². The van der Waals surface area contributed by atoms with Gasteiger partial charge in [0.15, 0.2) is 0 Å². The first-order valence-corrected chi connectivity index (χ1v) is 6.34. The van der Waals surface area contributed by atoms with Crippen LogP contribution in [0.4, 0.5) is 4.79 Å². The molecule has 0 saturated heterocycles. The van der Waals surface area contributed by atoms with Crippen LogP contribution >= 0.6 is 0 Å². The molecule has 0 spiro atoms. The second kappa shape index (κ2) is 8.93. The highest BCUT2D eigenvalue weighted by Gasteiger charge is 2.12. The van der Waals surface area contributed by atoms with Gasteiger partial charge in [-0.25, -0.2) is 14.5 Å². The molecule has 0 bridgehead atoms. The van der Waals surface area contributed by atoms with Gasteiger partial charge in [0.05, 0.1) is 23.3 Å². The van der Waals surface area contributed by atoms with E-state index in [-0.39, 0.29) is 18.3 Å². The molecule has 0 aromatic heterocycles. The molecular weight excluding hydrogens is 280 g/mol. The van der Waals surface area contributed by atoms with Gasteiger partial charge in [-0.2, -0.15) is 0 Å². The zero-order chi connectivity index (χ0) is 15.7. The van der Waals surface area contributed by atoms with Crippen LogP contribution in [-0.4, -0.2) is 31.9 Å². The largest absolute Gasteiger partial charge is 0.543 e. The van der Waals surface area contributed by atoms with Gasteiger partial charge in [0.25, 0.3) is 0 Å². The monoisotopic (exact) mass is 298 g/mol. The normalized spacial score (nSPS) is 11.6. The zero-order valence-electron chi connectivity index (χ0n) is 12.2. The number of rotatable bonds is 7. The minimum Gasteiger partial charge on any atom is -0.432 e. The van der Waals surface area contributed by atoms with Crippen LogP contribution in [0.5, 0.6) is 0 Å². The molecule has 1 unspecified atom stereocenters. The van der Waals surface area contributed by atoms with Crippen LogP contribution in [0.2, 0.25) is 0 Å². The van der Waals surface area contributed by atoms with Gasteiger partial charge >= 0.3 is 12.1 Å². The summed E-state index contributed by atoms with van der Waals surface area (Å²) in [5, 5.41) is 4.07. The third-order valence-corrected chi connectivity index (χ3v) is 2.65. The second-order valence-electron chi connectivity index (χ2n) is 4.32. The number of ether oxygens (including phenoxy) is 2. The summed E-state index contributed by atoms with van der Waals surface area (Å²) in [5.41, 5.74) is 1.27. The van der Waals surface area contributed by atoms with Crippen LogP contribution in [0.25, 0.3) is 0 Å². The van der Waals surface area contributed by atoms with Gasteiger partial charge in [-0.1, -0.05) is 17.7 Å². The summed E-state index contributed by atoms with van der Waals surface area (Å²) in [6, 6.07) is 6.60. The molecule has 7 nitrogen and oxygen atoms in total. The van der Waals surface area contributed by atoms with E-state index >= 15 is 0 Å². The van der Waals surface area contributed by atoms with Gasteiger partial charge in [0.1, 0.15) is 0 Å². The number of hydrogen-bond acceptors (Lipinski definition) is 7. The van der Waals surface area contributed by atoms with Crippen molar-refractivity contribution in [3.8, 4) is 0 Å². The van der Waals surface area contributed by atoms with Crippen molar-refractivity contribution < 1.29 is 33.9 Å². The van der Waals surface area contributed by atoms with Crippen LogP contribution in [0.1, 0.15) is 29.3 Å². The summed E-state index contributed by atoms with van der Waals surface area (Å²) in [5.74, 6) is -0.782. The second-order valence-corrected chi connectivity index (χ2v) is 4.32. The van der Waals surface area contributed by atoms with E-state index in [0.29, 0.717) is 6.42 Å². The lowest BCUT2D eigenvalue weighted by molar-refractivity contribution is -0.452. The number of hydrogen-bond donors (Lipinski definition) is 0. The molecule has 0 radical (unpaired) electrons. The Hall–Kier alpha value is -2.12. The SMILES string of the molecule is COC(C)CCOC(=O)OOOC(=O)c1ccc(C)cc1. The van der Waals surface area contributed by atoms with Gasteiger partial charge in [-0.3, -0.25) is 4.89 Å². The number of carbonyl (C=O) groups excluding carboxylic acids is 2. The van der Waals surface area contributed by atoms with Crippen molar-refractivity contribution in [3.05, 3.63) is 35.4 Å². The molecule has 0 saturated carbocycles. The molecule has 0 aliphatic heterocycles. The van der Waals surface area contributed by atoms with Crippen LogP contribution < -0.4 is 0 Å². The fourth-order valence-corrected chi connectivity index (χ4v) is 1.26. The van der Waals surface area contributed by atoms with Gasteiger partial charge < -0.3 is 9.47 Å². The lowest BCUT2D eigenvalue weighted by Gasteiger charge is -2.08. The fourth-order valence-electron chi connectivity index (χ4n) is 1.26. The maximum Gasteiger partial charge on any atom is 0.543 e. The molecule has 1 atom stereocenters. The average Bonchev–Trinajstić information content (AvgIpc) is 2.47. The van der Waals surface area contributed by atoms with Gasteiger partial charge in [0.2, 0.25) is 0 Å². The molecule has 0 N–H and O–H groups in total. The molecular formula is C14H18O7. The summed E-state index contributed by atoms with van der Waals surface area (Å²) in [6.07, 6.45) is -0.637. The van der Waals surface area contributed by atoms with Crippen LogP contribution in [0.3, 0.4) is 0 Å². The molecule has 0 heterocycles. The highest BCUT2D eigenvalue weighted by Crippen LogP contribution is 2.05. The van der Waals surface area contributed by atoms with Crippen molar-refractivity contribution in [1.82, 2.24) is 0 Å². The van der Waals surface area contributed by atoms with Crippen molar-refractivity contribution in [1.29, 1.82) is 0 Å². The Morgan fingerprint density at radius 1 is 1.14 bits per heavy atom. The molecule has 7 heteroatoms. The minimum atomic E-state index is -1.10. The Labute approximate surface area is 122 Å². The first kappa shape index (κ1) is 16.9. The Bertz CT molecular complexity index is 455. The maximum absolute atomic E-state index is 11.5. The Balaban J connectivity index is 2.19. The van der Waals surface area contributed by atoms with Gasteiger partial charge in [-0.15, -0.1) is 0 Å². The first-order chi connectivity index (χ1) is 10.0. The number of benzene rings is 1. The van der Waals surface area contributed by atoms with Crippen molar-refractivity contribution in [2.24, 2.45) is 0 Å². The van der Waals surface area contributed by atoms with Gasteiger partial charge in [-0.05, 0) is 26.0 Å². The summed E-state index contributed by atoms with van der Waals surface area (Å²) in [7, 11) is 1.55. The molecule has 0 aliphatic rings. The zero-order valence-corrected chi connectivity index (χ0v) is 12.2. The van der Waals surface area contributed by atoms with E-state index in [2.05, 4.69) is 19.6 Å². The fraction of sp³-hybridized carbons (Fsp3) is 0.429. The molecule has 1 aromatic rings. The minimum absolute atomic E-state index is 0.0434. The molecule has 0 fully saturated rings. The topological polar surface area (TPSA) is 80.3 Å². The highest BCUT2D eigenvalue weighted by molar-refractivity contribution is 5.88. The molecule has 1 aromatic carbocycles. The van der Waals surface area contributed by atoms with Crippen LogP contribution in [-0.2, 0) is 24.3 Å². The predicted molar refractivity (Wildman–Crippen MR) is 71.2 cm³/mol. The Kier molecular flexibility index (Phi) is 7.20. The van der Waals surface area contributed by atoms with Crippen LogP contribution in [0.15, 0.2) is 24.3 Å². The molecule has 1 rings (SSSR count). The van der Waals surface area contributed by atoms with E-state index in [9.17, 15) is 9.59 Å². The van der Waals surface area contributed by atoms with Crippen LogP contribution in [0, 0.1) is 6.92 Å². The third-order valence-electron chi connectivity index (χ3n) is 2.65. The lowest BCUT2D eigenvalue weighted by Crippen LogP contribution is -2.15. The van der Waals surface area contributed by atoms with E-state index < -0.39 is 12.1 Å². The van der Waals surface area contributed by atoms with E-state index in [1.165, 1.54) is 0 Å². The smallest absolute Gasteiger partial charge is 0.432 e. The standard InChI is InChI=1S/C14H18O7/c1-10-4-6-12(7-5-10)13(15)19-21-20-14(16)18-9-8-11(2)17-3/h4-7,11H,8-9H2,1-3H3. The predicted octanol–water partition coefficient (Wildman–Crippen LogP) is 2.58. The summed E-state index contributed by atoms with van der Waals surface area (Å²) < 4.78 is 9.63. The first-order valence-electron chi connectivity index (χ1n) is 6.34. The Morgan fingerprint density at radius 2 is 1.81 bits per heavy atom. The summed E-state index contributed by atoms with van der Waals surface area (Å²) in [6.45, 7) is 3.81.